The van der Waals surface area contributed by atoms with E-state index in [9.17, 15) is 21.6 Å². The molecule has 0 spiro atoms. The highest BCUT2D eigenvalue weighted by molar-refractivity contribution is 7.91. The predicted molar refractivity (Wildman–Crippen MR) is 155 cm³/mol. The number of nitrogens with one attached hydrogen (secondary N) is 1. The van der Waals surface area contributed by atoms with Crippen LogP contribution in [0.15, 0.2) is 65.7 Å². The molecule has 8 nitrogen and oxygen atoms in total. The second-order valence-corrected chi connectivity index (χ2v) is 12.6. The van der Waals surface area contributed by atoms with Crippen molar-refractivity contribution in [1.82, 2.24) is 19.9 Å². The Morgan fingerprint density at radius 1 is 1.02 bits per heavy atom. The van der Waals surface area contributed by atoms with E-state index in [-0.39, 0.29) is 34.1 Å². The quantitative estimate of drug-likeness (QED) is 0.254. The average Bonchev–Trinajstić information content (AvgIpc) is 2.92. The SMILES string of the molecule is CCCS(=O)(=O)c1ccc(Nc2nc(CN3CC(C)OC(C)C3)nc3cc(-c4ncccc4C(F)(F)F)ccc23)cc1. The van der Waals surface area contributed by atoms with E-state index in [1.807, 2.05) is 20.8 Å². The predicted octanol–water partition coefficient (Wildman–Crippen LogP) is 6.25. The molecule has 0 amide bonds. The lowest BCUT2D eigenvalue weighted by Gasteiger charge is -2.34. The van der Waals surface area contributed by atoms with Crippen molar-refractivity contribution in [2.75, 3.05) is 24.2 Å². The van der Waals surface area contributed by atoms with E-state index in [0.717, 1.165) is 6.07 Å². The molecule has 2 unspecified atom stereocenters. The number of sulfone groups is 1. The molecule has 0 radical (unpaired) electrons. The van der Waals surface area contributed by atoms with E-state index in [0.29, 0.717) is 54.3 Å². The molecule has 1 fully saturated rings. The molecule has 1 aliphatic heterocycles. The minimum absolute atomic E-state index is 0.0332. The highest BCUT2D eigenvalue weighted by Gasteiger charge is 2.34. The molecule has 0 saturated carbocycles. The Hall–Kier alpha value is -3.61. The van der Waals surface area contributed by atoms with Crippen LogP contribution in [-0.4, -0.2) is 59.3 Å². The van der Waals surface area contributed by atoms with Crippen LogP contribution in [0.1, 0.15) is 38.6 Å². The molecule has 1 saturated heterocycles. The fraction of sp³-hybridized carbons (Fsp3) is 0.367. The van der Waals surface area contributed by atoms with Crippen molar-refractivity contribution >= 4 is 32.2 Å². The molecule has 12 heteroatoms. The zero-order chi connectivity index (χ0) is 30.1. The second kappa shape index (κ2) is 11.9. The number of alkyl halides is 3. The van der Waals surface area contributed by atoms with Crippen LogP contribution in [-0.2, 0) is 27.3 Å². The van der Waals surface area contributed by atoms with Gasteiger partial charge in [-0.05, 0) is 68.8 Å². The first-order valence-corrected chi connectivity index (χ1v) is 15.4. The first-order chi connectivity index (χ1) is 19.9. The van der Waals surface area contributed by atoms with E-state index in [2.05, 4.69) is 15.2 Å². The summed E-state index contributed by atoms with van der Waals surface area (Å²) in [6, 6.07) is 13.5. The molecule has 1 aliphatic rings. The van der Waals surface area contributed by atoms with Crippen molar-refractivity contribution in [1.29, 1.82) is 0 Å². The second-order valence-electron chi connectivity index (χ2n) is 10.5. The maximum absolute atomic E-state index is 13.8. The Bertz CT molecular complexity index is 1670. The summed E-state index contributed by atoms with van der Waals surface area (Å²) < 4.78 is 72.0. The molecule has 2 atom stereocenters. The fourth-order valence-corrected chi connectivity index (χ4v) is 6.56. The molecule has 3 heterocycles. The Morgan fingerprint density at radius 3 is 2.40 bits per heavy atom. The van der Waals surface area contributed by atoms with Gasteiger partial charge in [-0.3, -0.25) is 9.88 Å². The smallest absolute Gasteiger partial charge is 0.373 e. The fourth-order valence-electron chi connectivity index (χ4n) is 5.24. The minimum atomic E-state index is -4.57. The van der Waals surface area contributed by atoms with E-state index in [1.54, 1.807) is 42.5 Å². The third kappa shape index (κ3) is 6.71. The summed E-state index contributed by atoms with van der Waals surface area (Å²) in [6.07, 6.45) is -2.65. The number of hydrogen-bond donors (Lipinski definition) is 1. The van der Waals surface area contributed by atoms with Crippen molar-refractivity contribution in [3.8, 4) is 11.3 Å². The van der Waals surface area contributed by atoms with Gasteiger partial charge in [0.05, 0.1) is 46.2 Å². The van der Waals surface area contributed by atoms with Crippen LogP contribution in [0.5, 0.6) is 0 Å². The molecule has 0 aliphatic carbocycles. The van der Waals surface area contributed by atoms with Crippen LogP contribution in [0.2, 0.25) is 0 Å². The van der Waals surface area contributed by atoms with Gasteiger partial charge >= 0.3 is 6.18 Å². The lowest BCUT2D eigenvalue weighted by atomic mass is 10.0. The zero-order valence-electron chi connectivity index (χ0n) is 23.5. The van der Waals surface area contributed by atoms with Crippen LogP contribution >= 0.6 is 0 Å². The molecule has 1 N–H and O–H groups in total. The van der Waals surface area contributed by atoms with Crippen LogP contribution in [0, 0.1) is 0 Å². The minimum Gasteiger partial charge on any atom is -0.373 e. The summed E-state index contributed by atoms with van der Waals surface area (Å²) in [5, 5.41) is 3.86. The molecule has 5 rings (SSSR count). The molecular formula is C30H32F3N5O3S. The first-order valence-electron chi connectivity index (χ1n) is 13.7. The number of ether oxygens (including phenoxy) is 1. The number of benzene rings is 2. The summed E-state index contributed by atoms with van der Waals surface area (Å²) in [7, 11) is -3.37. The van der Waals surface area contributed by atoms with E-state index in [1.165, 1.54) is 12.3 Å². The van der Waals surface area contributed by atoms with Crippen molar-refractivity contribution in [3.05, 3.63) is 72.2 Å². The van der Waals surface area contributed by atoms with E-state index >= 15 is 0 Å². The lowest BCUT2D eigenvalue weighted by Crippen LogP contribution is -2.45. The Balaban J connectivity index is 1.56. The number of fused-ring (bicyclic) bond motifs is 1. The van der Waals surface area contributed by atoms with Crippen LogP contribution in [0.3, 0.4) is 0 Å². The number of nitrogens with zero attached hydrogens (tertiary/aromatic N) is 4. The molecule has 4 aromatic rings. The van der Waals surface area contributed by atoms with Crippen molar-refractivity contribution in [2.24, 2.45) is 0 Å². The van der Waals surface area contributed by atoms with Gasteiger partial charge in [-0.2, -0.15) is 13.2 Å². The van der Waals surface area contributed by atoms with Gasteiger partial charge in [-0.25, -0.2) is 18.4 Å². The Labute approximate surface area is 242 Å². The van der Waals surface area contributed by atoms with Gasteiger partial charge < -0.3 is 10.1 Å². The highest BCUT2D eigenvalue weighted by atomic mass is 32.2. The maximum Gasteiger partial charge on any atom is 0.418 e. The van der Waals surface area contributed by atoms with E-state index in [4.69, 9.17) is 14.7 Å². The largest absolute Gasteiger partial charge is 0.418 e. The number of rotatable bonds is 8. The van der Waals surface area contributed by atoms with Crippen molar-refractivity contribution in [2.45, 2.75) is 57.0 Å². The van der Waals surface area contributed by atoms with E-state index < -0.39 is 21.6 Å². The van der Waals surface area contributed by atoms with Crippen molar-refractivity contribution < 1.29 is 26.3 Å². The monoisotopic (exact) mass is 599 g/mol. The molecular weight excluding hydrogens is 567 g/mol. The third-order valence-corrected chi connectivity index (χ3v) is 8.88. The van der Waals surface area contributed by atoms with Gasteiger partial charge in [-0.1, -0.05) is 13.0 Å². The zero-order valence-corrected chi connectivity index (χ0v) is 24.3. The summed E-state index contributed by atoms with van der Waals surface area (Å²) in [4.78, 5) is 16.0. The standard InChI is InChI=1S/C30H32F3N5O3S/c1-4-14-42(39,40)23-10-8-22(9-11-23)35-29-24-12-7-21(28-25(30(31,32)33)6-5-13-34-28)15-26(24)36-27(37-29)18-38-16-19(2)41-20(3)17-38/h5-13,15,19-20H,4,14,16-18H2,1-3H3,(H,35,36,37). The summed E-state index contributed by atoms with van der Waals surface area (Å²) >= 11 is 0. The van der Waals surface area contributed by atoms with Gasteiger partial charge in [0.2, 0.25) is 0 Å². The number of halogens is 3. The number of anilines is 2. The lowest BCUT2D eigenvalue weighted by molar-refractivity contribution is -0.137. The number of aromatic nitrogens is 3. The molecule has 2 aromatic carbocycles. The normalized spacial score (nSPS) is 18.3. The molecule has 222 valence electrons. The number of pyridine rings is 1. The summed E-state index contributed by atoms with van der Waals surface area (Å²) in [6.45, 7) is 7.60. The number of hydrogen-bond acceptors (Lipinski definition) is 8. The Morgan fingerprint density at radius 2 is 1.74 bits per heavy atom. The van der Waals surface area contributed by atoms with Gasteiger partial charge in [-0.15, -0.1) is 0 Å². The average molecular weight is 600 g/mol. The van der Waals surface area contributed by atoms with Crippen molar-refractivity contribution in [3.63, 3.8) is 0 Å². The van der Waals surface area contributed by atoms with Crippen LogP contribution in [0.25, 0.3) is 22.2 Å². The summed E-state index contributed by atoms with van der Waals surface area (Å²) in [5.41, 5.74) is 0.339. The van der Waals surface area contributed by atoms with Crippen LogP contribution in [0.4, 0.5) is 24.7 Å². The van der Waals surface area contributed by atoms with Gasteiger partial charge in [0.15, 0.2) is 9.84 Å². The topological polar surface area (TPSA) is 97.3 Å². The third-order valence-electron chi connectivity index (χ3n) is 6.94. The van der Waals surface area contributed by atoms with Gasteiger partial charge in [0, 0.05) is 35.9 Å². The summed E-state index contributed by atoms with van der Waals surface area (Å²) in [5.74, 6) is 1.01. The maximum atomic E-state index is 13.8. The van der Waals surface area contributed by atoms with Gasteiger partial charge in [0.1, 0.15) is 11.6 Å². The highest BCUT2D eigenvalue weighted by Crippen LogP contribution is 2.37. The molecule has 42 heavy (non-hydrogen) atoms. The first kappa shape index (κ1) is 29.9. The van der Waals surface area contributed by atoms with Crippen LogP contribution < -0.4 is 5.32 Å². The molecule has 0 bridgehead atoms. The number of morpholine rings is 1. The Kier molecular flexibility index (Phi) is 8.49. The van der Waals surface area contributed by atoms with Gasteiger partial charge in [0.25, 0.3) is 0 Å². The molecule has 2 aromatic heterocycles.